The highest BCUT2D eigenvalue weighted by Crippen LogP contribution is 2.21. The smallest absolute Gasteiger partial charge is 0.123 e. The summed E-state index contributed by atoms with van der Waals surface area (Å²) in [7, 11) is 0. The van der Waals surface area contributed by atoms with Crippen LogP contribution in [0.1, 0.15) is 42.6 Å². The fourth-order valence-corrected chi connectivity index (χ4v) is 2.39. The molecule has 2 atom stereocenters. The molecule has 0 bridgehead atoms. The summed E-state index contributed by atoms with van der Waals surface area (Å²) in [4.78, 5) is 0. The third kappa shape index (κ3) is 3.42. The molecule has 0 spiro atoms. The Morgan fingerprint density at radius 3 is 2.16 bits per heavy atom. The molecular weight excluding hydrogens is 237 g/mol. The summed E-state index contributed by atoms with van der Waals surface area (Å²) in [6.07, 6.45) is 0. The second-order valence-electron chi connectivity index (χ2n) is 5.02. The Bertz CT molecular complexity index is 533. The highest BCUT2D eigenvalue weighted by molar-refractivity contribution is 5.29. The van der Waals surface area contributed by atoms with Gasteiger partial charge in [0, 0.05) is 12.1 Å². The molecule has 1 unspecified atom stereocenters. The van der Waals surface area contributed by atoms with E-state index >= 15 is 0 Å². The second kappa shape index (κ2) is 5.98. The van der Waals surface area contributed by atoms with Gasteiger partial charge in [-0.05, 0) is 49.6 Å². The van der Waals surface area contributed by atoms with Crippen molar-refractivity contribution in [1.82, 2.24) is 5.32 Å². The van der Waals surface area contributed by atoms with Gasteiger partial charge in [-0.1, -0.05) is 36.4 Å². The molecule has 0 aliphatic rings. The van der Waals surface area contributed by atoms with Crippen molar-refractivity contribution in [3.63, 3.8) is 0 Å². The average molecular weight is 257 g/mol. The van der Waals surface area contributed by atoms with Crippen molar-refractivity contribution < 1.29 is 4.39 Å². The zero-order chi connectivity index (χ0) is 13.8. The Labute approximate surface area is 114 Å². The minimum Gasteiger partial charge on any atom is -0.304 e. The maximum atomic E-state index is 12.9. The van der Waals surface area contributed by atoms with Crippen LogP contribution >= 0.6 is 0 Å². The fraction of sp³-hybridized carbons (Fsp3) is 0.294. The number of rotatable bonds is 4. The molecule has 1 nitrogen and oxygen atoms in total. The van der Waals surface area contributed by atoms with Crippen LogP contribution in [0.4, 0.5) is 4.39 Å². The molecule has 100 valence electrons. The molecule has 0 aromatic heterocycles. The normalized spacial score (nSPS) is 14.1. The molecule has 0 heterocycles. The summed E-state index contributed by atoms with van der Waals surface area (Å²) < 4.78 is 12.9. The van der Waals surface area contributed by atoms with Gasteiger partial charge in [-0.15, -0.1) is 0 Å². The maximum Gasteiger partial charge on any atom is 0.123 e. The van der Waals surface area contributed by atoms with Crippen molar-refractivity contribution in [3.8, 4) is 0 Å². The highest BCUT2D eigenvalue weighted by atomic mass is 19.1. The summed E-state index contributed by atoms with van der Waals surface area (Å²) in [5.41, 5.74) is 3.69. The first-order valence-electron chi connectivity index (χ1n) is 6.65. The van der Waals surface area contributed by atoms with Crippen molar-refractivity contribution in [1.29, 1.82) is 0 Å². The lowest BCUT2D eigenvalue weighted by atomic mass is 10.0. The molecule has 2 rings (SSSR count). The van der Waals surface area contributed by atoms with Gasteiger partial charge in [0.25, 0.3) is 0 Å². The Morgan fingerprint density at radius 1 is 0.895 bits per heavy atom. The average Bonchev–Trinajstić information content (AvgIpc) is 2.39. The van der Waals surface area contributed by atoms with Gasteiger partial charge in [0.15, 0.2) is 0 Å². The van der Waals surface area contributed by atoms with Crippen LogP contribution in [-0.2, 0) is 0 Å². The van der Waals surface area contributed by atoms with Gasteiger partial charge in [-0.3, -0.25) is 0 Å². The molecule has 1 N–H and O–H groups in total. The Balaban J connectivity index is 2.08. The van der Waals surface area contributed by atoms with E-state index in [9.17, 15) is 4.39 Å². The van der Waals surface area contributed by atoms with Gasteiger partial charge in [0.05, 0.1) is 0 Å². The van der Waals surface area contributed by atoms with E-state index < -0.39 is 0 Å². The standard InChI is InChI=1S/C17H20FN/c1-12-6-4-5-7-17(12)14(3)19-13(2)15-8-10-16(18)11-9-15/h4-11,13-14,19H,1-3H3/t13-,14?/m1/s1. The van der Waals surface area contributed by atoms with Crippen molar-refractivity contribution >= 4 is 0 Å². The lowest BCUT2D eigenvalue weighted by Gasteiger charge is -2.22. The Hall–Kier alpha value is -1.67. The first-order chi connectivity index (χ1) is 9.08. The minimum absolute atomic E-state index is 0.190. The molecule has 0 fully saturated rings. The second-order valence-corrected chi connectivity index (χ2v) is 5.02. The molecule has 0 saturated heterocycles. The first-order valence-corrected chi connectivity index (χ1v) is 6.65. The molecule has 0 amide bonds. The summed E-state index contributed by atoms with van der Waals surface area (Å²) in [5, 5.41) is 3.55. The van der Waals surface area contributed by atoms with Crippen LogP contribution in [0.25, 0.3) is 0 Å². The van der Waals surface area contributed by atoms with E-state index in [1.807, 2.05) is 12.1 Å². The number of halogens is 1. The van der Waals surface area contributed by atoms with Crippen molar-refractivity contribution in [2.24, 2.45) is 0 Å². The molecular formula is C17H20FN. The molecule has 19 heavy (non-hydrogen) atoms. The minimum atomic E-state index is -0.192. The fourth-order valence-electron chi connectivity index (χ4n) is 2.39. The van der Waals surface area contributed by atoms with Gasteiger partial charge in [-0.25, -0.2) is 4.39 Å². The van der Waals surface area contributed by atoms with Crippen LogP contribution in [-0.4, -0.2) is 0 Å². The van der Waals surface area contributed by atoms with Crippen LogP contribution in [0.2, 0.25) is 0 Å². The van der Waals surface area contributed by atoms with Gasteiger partial charge < -0.3 is 5.32 Å². The van der Waals surface area contributed by atoms with E-state index in [2.05, 4.69) is 50.4 Å². The van der Waals surface area contributed by atoms with Gasteiger partial charge in [0.2, 0.25) is 0 Å². The molecule has 2 aromatic rings. The summed E-state index contributed by atoms with van der Waals surface area (Å²) in [6, 6.07) is 15.5. The quantitative estimate of drug-likeness (QED) is 0.847. The van der Waals surface area contributed by atoms with E-state index in [0.717, 1.165) is 5.56 Å². The molecule has 0 saturated carbocycles. The SMILES string of the molecule is Cc1ccccc1C(C)N[C@H](C)c1ccc(F)cc1. The van der Waals surface area contributed by atoms with Crippen LogP contribution in [0.5, 0.6) is 0 Å². The van der Waals surface area contributed by atoms with Crippen LogP contribution in [0.15, 0.2) is 48.5 Å². The van der Waals surface area contributed by atoms with Crippen molar-refractivity contribution in [2.75, 3.05) is 0 Å². The predicted molar refractivity (Wildman–Crippen MR) is 77.5 cm³/mol. The highest BCUT2D eigenvalue weighted by Gasteiger charge is 2.12. The summed E-state index contributed by atoms with van der Waals surface area (Å²) in [6.45, 7) is 6.38. The van der Waals surface area contributed by atoms with Gasteiger partial charge in [0.1, 0.15) is 5.82 Å². The van der Waals surface area contributed by atoms with Gasteiger partial charge >= 0.3 is 0 Å². The number of nitrogens with one attached hydrogen (secondary N) is 1. The number of hydrogen-bond donors (Lipinski definition) is 1. The largest absolute Gasteiger partial charge is 0.304 e. The molecule has 0 aliphatic heterocycles. The van der Waals surface area contributed by atoms with Crippen molar-refractivity contribution in [3.05, 3.63) is 71.0 Å². The summed E-state index contributed by atoms with van der Waals surface area (Å²) >= 11 is 0. The van der Waals surface area contributed by atoms with Gasteiger partial charge in [-0.2, -0.15) is 0 Å². The predicted octanol–water partition coefficient (Wildman–Crippen LogP) is 4.55. The summed E-state index contributed by atoms with van der Waals surface area (Å²) in [5.74, 6) is -0.192. The Kier molecular flexibility index (Phi) is 4.33. The lowest BCUT2D eigenvalue weighted by Crippen LogP contribution is -2.23. The van der Waals surface area contributed by atoms with Crippen LogP contribution in [0.3, 0.4) is 0 Å². The monoisotopic (exact) mass is 257 g/mol. The third-order valence-electron chi connectivity index (χ3n) is 3.52. The zero-order valence-corrected chi connectivity index (χ0v) is 11.7. The molecule has 0 radical (unpaired) electrons. The maximum absolute atomic E-state index is 12.9. The van der Waals surface area contributed by atoms with Crippen molar-refractivity contribution in [2.45, 2.75) is 32.9 Å². The van der Waals surface area contributed by atoms with Crippen LogP contribution in [0, 0.1) is 12.7 Å². The molecule has 2 aromatic carbocycles. The van der Waals surface area contributed by atoms with E-state index in [-0.39, 0.29) is 17.9 Å². The Morgan fingerprint density at radius 2 is 1.53 bits per heavy atom. The zero-order valence-electron chi connectivity index (χ0n) is 11.7. The van der Waals surface area contributed by atoms with Crippen LogP contribution < -0.4 is 5.32 Å². The molecule has 0 aliphatic carbocycles. The third-order valence-corrected chi connectivity index (χ3v) is 3.52. The van der Waals surface area contributed by atoms with E-state index in [0.29, 0.717) is 0 Å². The van der Waals surface area contributed by atoms with E-state index in [1.165, 1.54) is 23.3 Å². The lowest BCUT2D eigenvalue weighted by molar-refractivity contribution is 0.492. The number of aryl methyl sites for hydroxylation is 1. The number of benzene rings is 2. The number of hydrogen-bond acceptors (Lipinski definition) is 1. The first kappa shape index (κ1) is 13.8. The van der Waals surface area contributed by atoms with E-state index in [4.69, 9.17) is 0 Å². The molecule has 2 heteroatoms. The van der Waals surface area contributed by atoms with E-state index in [1.54, 1.807) is 0 Å². The topological polar surface area (TPSA) is 12.0 Å².